The third kappa shape index (κ3) is 4.95. The molecule has 7 nitrogen and oxygen atoms in total. The standard InChI is InChI=1S/C19H24N2O5/c1-23-15-7-5-13(9-17(15)25-3)11-21-19(22)12-20-14-6-8-16(24-2)18(10-14)26-4/h5-10,20H,11-12H2,1-4H3,(H,21,22). The van der Waals surface area contributed by atoms with E-state index in [4.69, 9.17) is 18.9 Å². The Hall–Kier alpha value is -3.09. The molecular formula is C19H24N2O5. The molecule has 0 saturated carbocycles. The molecule has 0 atom stereocenters. The lowest BCUT2D eigenvalue weighted by molar-refractivity contribution is -0.119. The van der Waals surface area contributed by atoms with Crippen LogP contribution in [0.3, 0.4) is 0 Å². The number of carbonyl (C=O) groups is 1. The van der Waals surface area contributed by atoms with E-state index in [0.29, 0.717) is 29.5 Å². The van der Waals surface area contributed by atoms with Crippen molar-refractivity contribution in [3.05, 3.63) is 42.0 Å². The van der Waals surface area contributed by atoms with Gasteiger partial charge in [-0.25, -0.2) is 0 Å². The molecule has 2 aromatic rings. The number of ether oxygens (including phenoxy) is 4. The summed E-state index contributed by atoms with van der Waals surface area (Å²) in [6, 6.07) is 10.9. The van der Waals surface area contributed by atoms with E-state index in [1.54, 1.807) is 40.6 Å². The number of carbonyl (C=O) groups excluding carboxylic acids is 1. The summed E-state index contributed by atoms with van der Waals surface area (Å²) in [6.07, 6.45) is 0. The van der Waals surface area contributed by atoms with Gasteiger partial charge in [-0.15, -0.1) is 0 Å². The van der Waals surface area contributed by atoms with Crippen molar-refractivity contribution in [1.82, 2.24) is 5.32 Å². The molecule has 26 heavy (non-hydrogen) atoms. The van der Waals surface area contributed by atoms with Crippen molar-refractivity contribution in [1.29, 1.82) is 0 Å². The smallest absolute Gasteiger partial charge is 0.239 e. The third-order valence-corrected chi connectivity index (χ3v) is 3.77. The Labute approximate surface area is 153 Å². The number of hydrogen-bond donors (Lipinski definition) is 2. The number of benzene rings is 2. The fraction of sp³-hybridized carbons (Fsp3) is 0.316. The van der Waals surface area contributed by atoms with Crippen LogP contribution < -0.4 is 29.6 Å². The molecular weight excluding hydrogens is 336 g/mol. The van der Waals surface area contributed by atoms with Crippen molar-refractivity contribution in [3.8, 4) is 23.0 Å². The maximum atomic E-state index is 12.1. The van der Waals surface area contributed by atoms with E-state index in [0.717, 1.165) is 11.3 Å². The van der Waals surface area contributed by atoms with Crippen LogP contribution in [0.1, 0.15) is 5.56 Å². The second kappa shape index (κ2) is 9.41. The van der Waals surface area contributed by atoms with Gasteiger partial charge in [0.25, 0.3) is 0 Å². The molecule has 2 aromatic carbocycles. The molecule has 0 spiro atoms. The molecule has 0 heterocycles. The number of hydrogen-bond acceptors (Lipinski definition) is 6. The van der Waals surface area contributed by atoms with Crippen LogP contribution in [0.15, 0.2) is 36.4 Å². The summed E-state index contributed by atoms with van der Waals surface area (Å²) in [6.45, 7) is 0.537. The van der Waals surface area contributed by atoms with Crippen LogP contribution in [0.4, 0.5) is 5.69 Å². The topological polar surface area (TPSA) is 78.1 Å². The van der Waals surface area contributed by atoms with Crippen LogP contribution in [0.2, 0.25) is 0 Å². The lowest BCUT2D eigenvalue weighted by Gasteiger charge is -2.12. The van der Waals surface area contributed by atoms with Crippen molar-refractivity contribution in [2.24, 2.45) is 0 Å². The summed E-state index contributed by atoms with van der Waals surface area (Å²) in [5, 5.41) is 5.91. The molecule has 2 N–H and O–H groups in total. The van der Waals surface area contributed by atoms with Gasteiger partial charge in [-0.2, -0.15) is 0 Å². The first kappa shape index (κ1) is 19.2. The third-order valence-electron chi connectivity index (χ3n) is 3.77. The van der Waals surface area contributed by atoms with E-state index in [1.165, 1.54) is 0 Å². The van der Waals surface area contributed by atoms with Crippen molar-refractivity contribution < 1.29 is 23.7 Å². The largest absolute Gasteiger partial charge is 0.493 e. The van der Waals surface area contributed by atoms with E-state index >= 15 is 0 Å². The molecule has 0 aliphatic heterocycles. The minimum Gasteiger partial charge on any atom is -0.493 e. The summed E-state index contributed by atoms with van der Waals surface area (Å²) in [5.41, 5.74) is 1.69. The van der Waals surface area contributed by atoms with E-state index in [9.17, 15) is 4.79 Å². The van der Waals surface area contributed by atoms with Gasteiger partial charge in [-0.1, -0.05) is 6.07 Å². The van der Waals surface area contributed by atoms with E-state index in [1.807, 2.05) is 24.3 Å². The SMILES string of the molecule is COc1ccc(CNC(=O)CNc2ccc(OC)c(OC)c2)cc1OC. The number of amides is 1. The van der Waals surface area contributed by atoms with Gasteiger partial charge in [0.15, 0.2) is 23.0 Å². The monoisotopic (exact) mass is 360 g/mol. The molecule has 140 valence electrons. The zero-order chi connectivity index (χ0) is 18.9. The first-order valence-electron chi connectivity index (χ1n) is 8.04. The fourth-order valence-electron chi connectivity index (χ4n) is 2.38. The van der Waals surface area contributed by atoms with Crippen LogP contribution in [-0.2, 0) is 11.3 Å². The first-order chi connectivity index (χ1) is 12.6. The van der Waals surface area contributed by atoms with Crippen LogP contribution in [0.25, 0.3) is 0 Å². The predicted octanol–water partition coefficient (Wildman–Crippen LogP) is 2.45. The maximum absolute atomic E-state index is 12.1. The van der Waals surface area contributed by atoms with Crippen molar-refractivity contribution in [2.75, 3.05) is 40.3 Å². The first-order valence-corrected chi connectivity index (χ1v) is 8.04. The Morgan fingerprint density at radius 2 is 1.38 bits per heavy atom. The molecule has 2 rings (SSSR count). The van der Waals surface area contributed by atoms with Crippen LogP contribution in [0, 0.1) is 0 Å². The van der Waals surface area contributed by atoms with Gasteiger partial charge in [-0.3, -0.25) is 4.79 Å². The second-order valence-electron chi connectivity index (χ2n) is 5.39. The Morgan fingerprint density at radius 1 is 0.808 bits per heavy atom. The van der Waals surface area contributed by atoms with Crippen LogP contribution >= 0.6 is 0 Å². The summed E-state index contributed by atoms with van der Waals surface area (Å²) < 4.78 is 20.9. The predicted molar refractivity (Wildman–Crippen MR) is 99.4 cm³/mol. The lowest BCUT2D eigenvalue weighted by atomic mass is 10.2. The minimum absolute atomic E-state index is 0.130. The van der Waals surface area contributed by atoms with Gasteiger partial charge in [0.1, 0.15) is 0 Å². The van der Waals surface area contributed by atoms with Gasteiger partial charge in [0.2, 0.25) is 5.91 Å². The summed E-state index contributed by atoms with van der Waals surface area (Å²) >= 11 is 0. The molecule has 0 fully saturated rings. The number of rotatable bonds is 9. The van der Waals surface area contributed by atoms with E-state index < -0.39 is 0 Å². The average molecular weight is 360 g/mol. The molecule has 0 bridgehead atoms. The quantitative estimate of drug-likeness (QED) is 0.715. The van der Waals surface area contributed by atoms with Gasteiger partial charge in [0.05, 0.1) is 35.0 Å². The summed E-state index contributed by atoms with van der Waals surface area (Å²) in [4.78, 5) is 12.1. The second-order valence-corrected chi connectivity index (χ2v) is 5.39. The van der Waals surface area contributed by atoms with E-state index in [2.05, 4.69) is 10.6 Å². The van der Waals surface area contributed by atoms with Gasteiger partial charge in [0, 0.05) is 18.3 Å². The average Bonchev–Trinajstić information content (AvgIpc) is 2.69. The van der Waals surface area contributed by atoms with Gasteiger partial charge < -0.3 is 29.6 Å². The van der Waals surface area contributed by atoms with Crippen molar-refractivity contribution in [3.63, 3.8) is 0 Å². The lowest BCUT2D eigenvalue weighted by Crippen LogP contribution is -2.29. The molecule has 0 radical (unpaired) electrons. The van der Waals surface area contributed by atoms with Crippen molar-refractivity contribution in [2.45, 2.75) is 6.54 Å². The highest BCUT2D eigenvalue weighted by Crippen LogP contribution is 2.29. The molecule has 1 amide bonds. The molecule has 0 saturated heterocycles. The molecule has 0 aliphatic rings. The fourth-order valence-corrected chi connectivity index (χ4v) is 2.38. The number of methoxy groups -OCH3 is 4. The van der Waals surface area contributed by atoms with Crippen LogP contribution in [-0.4, -0.2) is 40.9 Å². The Morgan fingerprint density at radius 3 is 2.00 bits per heavy atom. The Balaban J connectivity index is 1.87. The zero-order valence-corrected chi connectivity index (χ0v) is 15.4. The molecule has 0 aromatic heterocycles. The van der Waals surface area contributed by atoms with Gasteiger partial charge >= 0.3 is 0 Å². The minimum atomic E-state index is -0.130. The highest BCUT2D eigenvalue weighted by atomic mass is 16.5. The molecule has 0 unspecified atom stereocenters. The maximum Gasteiger partial charge on any atom is 0.239 e. The van der Waals surface area contributed by atoms with Crippen molar-refractivity contribution >= 4 is 11.6 Å². The number of nitrogens with one attached hydrogen (secondary N) is 2. The zero-order valence-electron chi connectivity index (χ0n) is 15.4. The normalized spacial score (nSPS) is 10.0. The Kier molecular flexibility index (Phi) is 6.96. The highest BCUT2D eigenvalue weighted by molar-refractivity contribution is 5.80. The highest BCUT2D eigenvalue weighted by Gasteiger charge is 2.08. The number of anilines is 1. The summed E-state index contributed by atoms with van der Waals surface area (Å²) in [7, 11) is 6.30. The van der Waals surface area contributed by atoms with Gasteiger partial charge in [-0.05, 0) is 29.8 Å². The Bertz CT molecular complexity index is 687. The summed E-state index contributed by atoms with van der Waals surface area (Å²) in [5.74, 6) is 2.38. The van der Waals surface area contributed by atoms with Crippen LogP contribution in [0.5, 0.6) is 23.0 Å². The van der Waals surface area contributed by atoms with E-state index in [-0.39, 0.29) is 12.5 Å². The molecule has 7 heteroatoms. The molecule has 0 aliphatic carbocycles.